The topological polar surface area (TPSA) is 49.5 Å². The maximum absolute atomic E-state index is 9.73. The second kappa shape index (κ2) is 5.52. The van der Waals surface area contributed by atoms with Crippen LogP contribution in [0, 0.1) is 0 Å². The highest BCUT2D eigenvalue weighted by atomic mass is 16.3. The van der Waals surface area contributed by atoms with E-state index in [2.05, 4.69) is 17.0 Å². The van der Waals surface area contributed by atoms with Crippen LogP contribution in [0.4, 0.5) is 5.69 Å². The molecule has 3 N–H and O–H groups in total. The molecule has 2 rings (SSSR count). The smallest absolute Gasteiger partial charge is 0.0730 e. The van der Waals surface area contributed by atoms with Gasteiger partial charge in [-0.3, -0.25) is 0 Å². The Morgan fingerprint density at radius 2 is 1.82 bits per heavy atom. The van der Waals surface area contributed by atoms with Gasteiger partial charge in [0.05, 0.1) is 12.1 Å². The lowest BCUT2D eigenvalue weighted by Gasteiger charge is -2.21. The number of benzene rings is 1. The molecule has 1 heterocycles. The molecule has 94 valence electrons. The number of hydrogen-bond donors (Lipinski definition) is 2. The molecule has 1 saturated heterocycles. The summed E-state index contributed by atoms with van der Waals surface area (Å²) in [5, 5.41) is 9.73. The second-order valence-corrected chi connectivity index (χ2v) is 4.79. The molecule has 1 fully saturated rings. The van der Waals surface area contributed by atoms with E-state index in [0.717, 1.165) is 18.7 Å². The summed E-state index contributed by atoms with van der Waals surface area (Å²) in [4.78, 5) is 2.39. The first-order valence-electron chi connectivity index (χ1n) is 6.51. The fourth-order valence-corrected chi connectivity index (χ4v) is 2.36. The molecule has 0 saturated carbocycles. The first-order valence-corrected chi connectivity index (χ1v) is 6.51. The Labute approximate surface area is 103 Å². The van der Waals surface area contributed by atoms with Gasteiger partial charge in [0.15, 0.2) is 0 Å². The lowest BCUT2D eigenvalue weighted by atomic mass is 10.0. The van der Waals surface area contributed by atoms with Crippen LogP contribution < -0.4 is 10.6 Å². The lowest BCUT2D eigenvalue weighted by molar-refractivity contribution is 0.141. The summed E-state index contributed by atoms with van der Waals surface area (Å²) >= 11 is 0. The number of aliphatic hydroxyl groups excluding tert-OH is 1. The van der Waals surface area contributed by atoms with Gasteiger partial charge in [0, 0.05) is 18.8 Å². The largest absolute Gasteiger partial charge is 0.391 e. The molecular formula is C14H22N2O. The average Bonchev–Trinajstić information content (AvgIpc) is 2.91. The maximum atomic E-state index is 9.73. The zero-order chi connectivity index (χ0) is 12.3. The zero-order valence-electron chi connectivity index (χ0n) is 10.5. The Kier molecular flexibility index (Phi) is 4.02. The molecule has 0 radical (unpaired) electrons. The minimum absolute atomic E-state index is 0.271. The van der Waals surface area contributed by atoms with Crippen LogP contribution in [0.1, 0.15) is 37.8 Å². The van der Waals surface area contributed by atoms with E-state index >= 15 is 0 Å². The summed E-state index contributed by atoms with van der Waals surface area (Å²) in [6.45, 7) is 4.26. The van der Waals surface area contributed by atoms with Gasteiger partial charge in [-0.25, -0.2) is 0 Å². The van der Waals surface area contributed by atoms with Crippen LogP contribution in [0.15, 0.2) is 24.3 Å². The Morgan fingerprint density at radius 1 is 1.24 bits per heavy atom. The molecule has 1 aliphatic rings. The van der Waals surface area contributed by atoms with Crippen molar-refractivity contribution in [1.29, 1.82) is 0 Å². The van der Waals surface area contributed by atoms with Crippen molar-refractivity contribution in [3.05, 3.63) is 29.8 Å². The minimum atomic E-state index is -0.451. The highest BCUT2D eigenvalue weighted by Gasteiger charge is 2.16. The summed E-state index contributed by atoms with van der Waals surface area (Å²) in [6, 6.07) is 8.04. The molecule has 3 heteroatoms. The first kappa shape index (κ1) is 12.4. The van der Waals surface area contributed by atoms with Crippen LogP contribution in [0.25, 0.3) is 0 Å². The quantitative estimate of drug-likeness (QED) is 0.838. The number of nitrogens with two attached hydrogens (primary N) is 1. The third-order valence-corrected chi connectivity index (χ3v) is 3.58. The van der Waals surface area contributed by atoms with E-state index in [-0.39, 0.29) is 6.04 Å². The van der Waals surface area contributed by atoms with Crippen LogP contribution in [-0.2, 0) is 0 Å². The molecule has 0 unspecified atom stereocenters. The number of rotatable bonds is 4. The maximum Gasteiger partial charge on any atom is 0.0730 e. The van der Waals surface area contributed by atoms with Crippen LogP contribution in [-0.4, -0.2) is 24.3 Å². The molecule has 0 aromatic heterocycles. The van der Waals surface area contributed by atoms with Gasteiger partial charge in [0.1, 0.15) is 0 Å². The monoisotopic (exact) mass is 234 g/mol. The van der Waals surface area contributed by atoms with Crippen LogP contribution in [0.5, 0.6) is 0 Å². The molecule has 3 nitrogen and oxygen atoms in total. The molecular weight excluding hydrogens is 212 g/mol. The predicted octanol–water partition coefficient (Wildman–Crippen LogP) is 2.06. The van der Waals surface area contributed by atoms with Crippen LogP contribution >= 0.6 is 0 Å². The van der Waals surface area contributed by atoms with Gasteiger partial charge < -0.3 is 15.7 Å². The van der Waals surface area contributed by atoms with Crippen LogP contribution in [0.3, 0.4) is 0 Å². The fraction of sp³-hybridized carbons (Fsp3) is 0.571. The zero-order valence-corrected chi connectivity index (χ0v) is 10.5. The number of hydrogen-bond acceptors (Lipinski definition) is 3. The second-order valence-electron chi connectivity index (χ2n) is 4.79. The molecule has 0 spiro atoms. The van der Waals surface area contributed by atoms with Gasteiger partial charge in [-0.1, -0.05) is 19.1 Å². The van der Waals surface area contributed by atoms with Crippen molar-refractivity contribution in [3.8, 4) is 0 Å². The van der Waals surface area contributed by atoms with E-state index in [4.69, 9.17) is 5.73 Å². The van der Waals surface area contributed by atoms with E-state index in [9.17, 15) is 5.11 Å². The Bertz CT molecular complexity index is 344. The predicted molar refractivity (Wildman–Crippen MR) is 71.1 cm³/mol. The summed E-state index contributed by atoms with van der Waals surface area (Å²) in [5.41, 5.74) is 8.27. The van der Waals surface area contributed by atoms with Gasteiger partial charge in [-0.2, -0.15) is 0 Å². The molecule has 0 aliphatic carbocycles. The Balaban J connectivity index is 2.06. The van der Waals surface area contributed by atoms with Crippen molar-refractivity contribution < 1.29 is 5.11 Å². The molecule has 0 bridgehead atoms. The summed E-state index contributed by atoms with van der Waals surface area (Å²) in [6.07, 6.45) is 2.81. The van der Waals surface area contributed by atoms with E-state index in [1.54, 1.807) is 0 Å². The molecule has 1 aliphatic heterocycles. The van der Waals surface area contributed by atoms with Crippen molar-refractivity contribution in [1.82, 2.24) is 0 Å². The molecule has 2 atom stereocenters. The van der Waals surface area contributed by atoms with Gasteiger partial charge in [-0.15, -0.1) is 0 Å². The van der Waals surface area contributed by atoms with Gasteiger partial charge >= 0.3 is 0 Å². The molecule has 0 amide bonds. The highest BCUT2D eigenvalue weighted by Crippen LogP contribution is 2.23. The van der Waals surface area contributed by atoms with Gasteiger partial charge in [0.2, 0.25) is 0 Å². The van der Waals surface area contributed by atoms with Crippen LogP contribution in [0.2, 0.25) is 0 Å². The first-order chi connectivity index (χ1) is 8.22. The fourth-order valence-electron chi connectivity index (χ4n) is 2.36. The van der Waals surface area contributed by atoms with Crippen molar-refractivity contribution in [2.75, 3.05) is 18.0 Å². The SMILES string of the molecule is CC[C@H](O)[C@H](N)c1ccc(N2CCCC2)cc1. The standard InChI is InChI=1S/C14H22N2O/c1-2-13(17)14(15)11-5-7-12(8-6-11)16-9-3-4-10-16/h5-8,13-14,17H,2-4,9-10,15H2,1H3/t13-,14+/m0/s1. The number of anilines is 1. The van der Waals surface area contributed by atoms with E-state index < -0.39 is 6.10 Å². The minimum Gasteiger partial charge on any atom is -0.391 e. The molecule has 1 aromatic carbocycles. The molecule has 1 aromatic rings. The number of aliphatic hydroxyl groups is 1. The van der Waals surface area contributed by atoms with E-state index in [0.29, 0.717) is 6.42 Å². The number of nitrogens with zero attached hydrogens (tertiary/aromatic N) is 1. The highest BCUT2D eigenvalue weighted by molar-refractivity contribution is 5.48. The lowest BCUT2D eigenvalue weighted by Crippen LogP contribution is -2.25. The third kappa shape index (κ3) is 2.79. The Morgan fingerprint density at radius 3 is 2.35 bits per heavy atom. The van der Waals surface area contributed by atoms with Gasteiger partial charge in [0.25, 0.3) is 0 Å². The van der Waals surface area contributed by atoms with Crippen molar-refractivity contribution in [2.45, 2.75) is 38.3 Å². The Hall–Kier alpha value is -1.06. The van der Waals surface area contributed by atoms with Crippen molar-refractivity contribution >= 4 is 5.69 Å². The van der Waals surface area contributed by atoms with Gasteiger partial charge in [-0.05, 0) is 37.0 Å². The molecule has 17 heavy (non-hydrogen) atoms. The van der Waals surface area contributed by atoms with Crippen molar-refractivity contribution in [2.24, 2.45) is 5.73 Å². The van der Waals surface area contributed by atoms with Crippen molar-refractivity contribution in [3.63, 3.8) is 0 Å². The summed E-state index contributed by atoms with van der Waals surface area (Å²) in [7, 11) is 0. The normalized spacial score (nSPS) is 19.4. The summed E-state index contributed by atoms with van der Waals surface area (Å²) < 4.78 is 0. The average molecular weight is 234 g/mol. The van der Waals surface area contributed by atoms with E-state index in [1.165, 1.54) is 18.5 Å². The third-order valence-electron chi connectivity index (χ3n) is 3.58. The summed E-state index contributed by atoms with van der Waals surface area (Å²) in [5.74, 6) is 0. The van der Waals surface area contributed by atoms with E-state index in [1.807, 2.05) is 19.1 Å².